The van der Waals surface area contributed by atoms with Crippen LogP contribution in [0.1, 0.15) is 97.8 Å². The van der Waals surface area contributed by atoms with Crippen molar-refractivity contribution in [2.45, 2.75) is 117 Å². The molecule has 0 atom stereocenters. The molecule has 0 aromatic carbocycles. The molecule has 0 N–H and O–H groups in total. The summed E-state index contributed by atoms with van der Waals surface area (Å²) in [4.78, 5) is 38.3. The minimum atomic E-state index is -0.428. The summed E-state index contributed by atoms with van der Waals surface area (Å²) in [6.45, 7) is 7.61. The van der Waals surface area contributed by atoms with Crippen LogP contribution in [-0.2, 0) is 19.6 Å². The summed E-state index contributed by atoms with van der Waals surface area (Å²) in [7, 11) is 0. The molecular formula is C21H39N3O3. The first-order chi connectivity index (χ1) is 13.1. The molecule has 27 heavy (non-hydrogen) atoms. The molecule has 0 aliphatic rings. The van der Waals surface area contributed by atoms with Gasteiger partial charge >= 0.3 is 17.1 Å². The molecule has 0 aliphatic carbocycles. The van der Waals surface area contributed by atoms with Gasteiger partial charge in [-0.05, 0) is 19.3 Å². The molecule has 0 fully saturated rings. The third kappa shape index (κ3) is 7.51. The van der Waals surface area contributed by atoms with Crippen LogP contribution in [-0.4, -0.2) is 13.7 Å². The third-order valence-electron chi connectivity index (χ3n) is 5.09. The first-order valence-corrected chi connectivity index (χ1v) is 11.0. The summed E-state index contributed by atoms with van der Waals surface area (Å²) >= 11 is 0. The van der Waals surface area contributed by atoms with Crippen molar-refractivity contribution in [2.24, 2.45) is 0 Å². The zero-order chi connectivity index (χ0) is 20.1. The molecule has 6 nitrogen and oxygen atoms in total. The molecule has 1 aromatic rings. The van der Waals surface area contributed by atoms with Gasteiger partial charge < -0.3 is 0 Å². The van der Waals surface area contributed by atoms with E-state index in [4.69, 9.17) is 0 Å². The van der Waals surface area contributed by atoms with Crippen molar-refractivity contribution in [3.63, 3.8) is 0 Å². The van der Waals surface area contributed by atoms with Crippen molar-refractivity contribution in [3.05, 3.63) is 31.5 Å². The molecule has 0 bridgehead atoms. The van der Waals surface area contributed by atoms with Gasteiger partial charge in [0.05, 0.1) is 0 Å². The molecule has 1 rings (SSSR count). The van der Waals surface area contributed by atoms with Crippen LogP contribution in [0.25, 0.3) is 0 Å². The number of rotatable bonds is 15. The molecule has 6 heteroatoms. The lowest BCUT2D eigenvalue weighted by atomic mass is 10.2. The molecule has 0 amide bonds. The summed E-state index contributed by atoms with van der Waals surface area (Å²) in [5, 5.41) is 0. The van der Waals surface area contributed by atoms with Gasteiger partial charge in [0.25, 0.3) is 0 Å². The van der Waals surface area contributed by atoms with Crippen LogP contribution in [0.15, 0.2) is 14.4 Å². The zero-order valence-corrected chi connectivity index (χ0v) is 17.7. The minimum Gasteiger partial charge on any atom is -0.247 e. The number of aromatic nitrogens is 3. The van der Waals surface area contributed by atoms with Crippen LogP contribution in [0.5, 0.6) is 0 Å². The van der Waals surface area contributed by atoms with E-state index in [-0.39, 0.29) is 0 Å². The van der Waals surface area contributed by atoms with Gasteiger partial charge in [0.2, 0.25) is 0 Å². The number of hydrogen-bond acceptors (Lipinski definition) is 3. The van der Waals surface area contributed by atoms with Crippen LogP contribution in [0.4, 0.5) is 0 Å². The van der Waals surface area contributed by atoms with Crippen LogP contribution in [0.2, 0.25) is 0 Å². The first kappa shape index (κ1) is 23.4. The monoisotopic (exact) mass is 381 g/mol. The van der Waals surface area contributed by atoms with Gasteiger partial charge in [-0.3, -0.25) is 0 Å². The van der Waals surface area contributed by atoms with Crippen LogP contribution < -0.4 is 17.1 Å². The molecule has 0 saturated heterocycles. The highest BCUT2D eigenvalue weighted by Gasteiger charge is 2.14. The fourth-order valence-electron chi connectivity index (χ4n) is 3.35. The lowest BCUT2D eigenvalue weighted by molar-refractivity contribution is 0.414. The molecule has 0 spiro atoms. The average Bonchev–Trinajstić information content (AvgIpc) is 2.66. The van der Waals surface area contributed by atoms with Gasteiger partial charge in [0.15, 0.2) is 0 Å². The van der Waals surface area contributed by atoms with Crippen molar-refractivity contribution in [2.75, 3.05) is 0 Å². The van der Waals surface area contributed by atoms with Gasteiger partial charge in [-0.1, -0.05) is 78.6 Å². The Bertz CT molecular complexity index is 575. The maximum Gasteiger partial charge on any atom is 0.336 e. The maximum atomic E-state index is 12.8. The second-order valence-corrected chi connectivity index (χ2v) is 7.48. The number of unbranched alkanes of at least 4 members (excludes halogenated alkanes) is 9. The highest BCUT2D eigenvalue weighted by atomic mass is 16.2. The van der Waals surface area contributed by atoms with Crippen molar-refractivity contribution < 1.29 is 0 Å². The Morgan fingerprint density at radius 3 is 0.926 bits per heavy atom. The van der Waals surface area contributed by atoms with E-state index < -0.39 is 17.1 Å². The predicted octanol–water partition coefficient (Wildman–Crippen LogP) is 3.91. The maximum absolute atomic E-state index is 12.8. The highest BCUT2D eigenvalue weighted by Crippen LogP contribution is 2.02. The zero-order valence-electron chi connectivity index (χ0n) is 17.7. The Labute approximate surface area is 163 Å². The molecule has 156 valence electrons. The van der Waals surface area contributed by atoms with E-state index in [2.05, 4.69) is 20.8 Å². The minimum absolute atomic E-state index is 0.405. The highest BCUT2D eigenvalue weighted by molar-refractivity contribution is 4.79. The Morgan fingerprint density at radius 2 is 0.704 bits per heavy atom. The van der Waals surface area contributed by atoms with E-state index in [0.717, 1.165) is 77.0 Å². The van der Waals surface area contributed by atoms with E-state index in [1.54, 1.807) is 0 Å². The molecule has 1 aromatic heterocycles. The van der Waals surface area contributed by atoms with Gasteiger partial charge in [-0.25, -0.2) is 28.1 Å². The second kappa shape index (κ2) is 13.6. The fraction of sp³-hybridized carbons (Fsp3) is 0.857. The van der Waals surface area contributed by atoms with E-state index in [1.807, 2.05) is 0 Å². The SMILES string of the molecule is CCCCCCn1c(=O)n(CCCCCC)c(=O)n(CCCCCC)c1=O. The summed E-state index contributed by atoms with van der Waals surface area (Å²) in [5.41, 5.74) is -1.28. The van der Waals surface area contributed by atoms with Crippen LogP contribution in [0, 0.1) is 0 Å². The van der Waals surface area contributed by atoms with Crippen molar-refractivity contribution in [1.29, 1.82) is 0 Å². The van der Waals surface area contributed by atoms with E-state index in [0.29, 0.717) is 19.6 Å². The molecule has 0 saturated carbocycles. The first-order valence-electron chi connectivity index (χ1n) is 11.0. The van der Waals surface area contributed by atoms with Crippen LogP contribution in [0.3, 0.4) is 0 Å². The summed E-state index contributed by atoms with van der Waals surface area (Å²) in [6.07, 6.45) is 12.0. The van der Waals surface area contributed by atoms with E-state index in [9.17, 15) is 14.4 Å². The van der Waals surface area contributed by atoms with Crippen LogP contribution >= 0.6 is 0 Å². The van der Waals surface area contributed by atoms with Crippen molar-refractivity contribution >= 4 is 0 Å². The van der Waals surface area contributed by atoms with Crippen molar-refractivity contribution in [3.8, 4) is 0 Å². The fourth-order valence-corrected chi connectivity index (χ4v) is 3.35. The molecule has 0 unspecified atom stereocenters. The van der Waals surface area contributed by atoms with Gasteiger partial charge in [-0.15, -0.1) is 0 Å². The van der Waals surface area contributed by atoms with Gasteiger partial charge in [0, 0.05) is 19.6 Å². The van der Waals surface area contributed by atoms with Gasteiger partial charge in [0.1, 0.15) is 0 Å². The standard InChI is InChI=1S/C21H39N3O3/c1-4-7-10-13-16-22-19(25)23(17-14-11-8-5-2)21(27)24(20(22)26)18-15-12-9-6-3/h4-18H2,1-3H3. The molecule has 0 aliphatic heterocycles. The number of nitrogens with zero attached hydrogens (tertiary/aromatic N) is 3. The van der Waals surface area contributed by atoms with Crippen molar-refractivity contribution in [1.82, 2.24) is 13.7 Å². The Balaban J connectivity index is 3.09. The summed E-state index contributed by atoms with van der Waals surface area (Å²) in [6, 6.07) is 0. The average molecular weight is 382 g/mol. The molecular weight excluding hydrogens is 342 g/mol. The Hall–Kier alpha value is -1.59. The normalized spacial score (nSPS) is 11.2. The summed E-state index contributed by atoms with van der Waals surface area (Å²) < 4.78 is 3.87. The Morgan fingerprint density at radius 1 is 0.444 bits per heavy atom. The predicted molar refractivity (Wildman–Crippen MR) is 112 cm³/mol. The van der Waals surface area contributed by atoms with E-state index in [1.165, 1.54) is 13.7 Å². The second-order valence-electron chi connectivity index (χ2n) is 7.48. The smallest absolute Gasteiger partial charge is 0.247 e. The molecule has 0 radical (unpaired) electrons. The molecule has 1 heterocycles. The topological polar surface area (TPSA) is 66.0 Å². The van der Waals surface area contributed by atoms with E-state index >= 15 is 0 Å². The quantitative estimate of drug-likeness (QED) is 0.433. The lowest BCUT2D eigenvalue weighted by Gasteiger charge is -2.14. The van der Waals surface area contributed by atoms with Gasteiger partial charge in [-0.2, -0.15) is 0 Å². The number of hydrogen-bond donors (Lipinski definition) is 0. The third-order valence-corrected chi connectivity index (χ3v) is 5.09. The Kier molecular flexibility index (Phi) is 11.8. The largest absolute Gasteiger partial charge is 0.336 e. The lowest BCUT2D eigenvalue weighted by Crippen LogP contribution is -2.54. The summed E-state index contributed by atoms with van der Waals surface area (Å²) in [5.74, 6) is 0.